The third kappa shape index (κ3) is 5.43. The molecule has 0 aliphatic heterocycles. The number of rotatable bonds is 7. The fourth-order valence-corrected chi connectivity index (χ4v) is 3.45. The Bertz CT molecular complexity index is 1130. The number of aromatic nitrogens is 1. The van der Waals surface area contributed by atoms with Crippen molar-refractivity contribution < 1.29 is 23.5 Å². The molecule has 2 aromatic carbocycles. The van der Waals surface area contributed by atoms with E-state index in [0.29, 0.717) is 11.4 Å². The lowest BCUT2D eigenvalue weighted by atomic mass is 10.0. The number of nitrogens with one attached hydrogen (secondary N) is 3. The van der Waals surface area contributed by atoms with Gasteiger partial charge in [0, 0.05) is 18.0 Å². The molecule has 31 heavy (non-hydrogen) atoms. The molecule has 10 heteroatoms. The van der Waals surface area contributed by atoms with Gasteiger partial charge in [0.25, 0.3) is 0 Å². The Hall–Kier alpha value is -3.79. The van der Waals surface area contributed by atoms with E-state index in [1.165, 1.54) is 20.2 Å². The molecule has 0 fully saturated rings. The summed E-state index contributed by atoms with van der Waals surface area (Å²) in [4.78, 5) is 41.0. The fraction of sp³-hybridized carbons (Fsp3) is 0.143. The minimum Gasteiger partial charge on any atom is -0.496 e. The molecular weight excluding hydrogens is 423 g/mol. The predicted molar refractivity (Wildman–Crippen MR) is 115 cm³/mol. The topological polar surface area (TPSA) is 109 Å². The van der Waals surface area contributed by atoms with Gasteiger partial charge in [-0.3, -0.25) is 14.9 Å². The number of ketones is 1. The standard InChI is InChI=1S/C21H19FN4O4S/c1-23-18(27)10-13-11-31-21(24-13)26-20(29)25-16-9-12(22)7-8-14(16)19(28)15-5-3-4-6-17(15)30-2/h3-9,11H,10H2,1-2H3,(H,23,27)(H2,24,25,26,29). The highest BCUT2D eigenvalue weighted by molar-refractivity contribution is 7.14. The Kier molecular flexibility index (Phi) is 6.93. The van der Waals surface area contributed by atoms with Gasteiger partial charge in [-0.05, 0) is 30.3 Å². The molecule has 0 unspecified atom stereocenters. The van der Waals surface area contributed by atoms with Crippen LogP contribution in [0.25, 0.3) is 0 Å². The minimum atomic E-state index is -0.708. The largest absolute Gasteiger partial charge is 0.496 e. The summed E-state index contributed by atoms with van der Waals surface area (Å²) >= 11 is 1.14. The second-order valence-corrected chi connectivity index (χ2v) is 7.15. The van der Waals surface area contributed by atoms with Crippen LogP contribution in [0, 0.1) is 5.82 Å². The number of urea groups is 1. The first-order valence-corrected chi connectivity index (χ1v) is 9.99. The van der Waals surface area contributed by atoms with E-state index in [1.54, 1.807) is 29.6 Å². The van der Waals surface area contributed by atoms with E-state index in [-0.39, 0.29) is 34.3 Å². The summed E-state index contributed by atoms with van der Waals surface area (Å²) in [6.45, 7) is 0. The molecule has 1 heterocycles. The molecule has 0 bridgehead atoms. The van der Waals surface area contributed by atoms with Crippen molar-refractivity contribution in [2.75, 3.05) is 24.8 Å². The maximum atomic E-state index is 13.8. The molecule has 0 radical (unpaired) electrons. The number of hydrogen-bond acceptors (Lipinski definition) is 6. The van der Waals surface area contributed by atoms with E-state index < -0.39 is 17.6 Å². The Morgan fingerprint density at radius 2 is 1.87 bits per heavy atom. The molecule has 8 nitrogen and oxygen atoms in total. The second kappa shape index (κ2) is 9.81. The molecule has 0 aliphatic rings. The van der Waals surface area contributed by atoms with Gasteiger partial charge in [0.2, 0.25) is 5.91 Å². The van der Waals surface area contributed by atoms with Crippen molar-refractivity contribution in [3.63, 3.8) is 0 Å². The first-order chi connectivity index (χ1) is 14.9. The van der Waals surface area contributed by atoms with E-state index in [1.807, 2.05) is 0 Å². The number of benzene rings is 2. The lowest BCUT2D eigenvalue weighted by Crippen LogP contribution is -2.22. The van der Waals surface area contributed by atoms with Crippen LogP contribution < -0.4 is 20.7 Å². The quantitative estimate of drug-likeness (QED) is 0.486. The summed E-state index contributed by atoms with van der Waals surface area (Å²) in [5.74, 6) is -0.900. The van der Waals surface area contributed by atoms with E-state index in [9.17, 15) is 18.8 Å². The molecule has 3 rings (SSSR count). The number of anilines is 2. The highest BCUT2D eigenvalue weighted by Crippen LogP contribution is 2.26. The average Bonchev–Trinajstić information content (AvgIpc) is 3.19. The number of carbonyl (C=O) groups excluding carboxylic acids is 3. The second-order valence-electron chi connectivity index (χ2n) is 6.29. The van der Waals surface area contributed by atoms with Crippen LogP contribution in [0.2, 0.25) is 0 Å². The summed E-state index contributed by atoms with van der Waals surface area (Å²) in [6, 6.07) is 9.40. The van der Waals surface area contributed by atoms with Crippen molar-refractivity contribution in [1.29, 1.82) is 0 Å². The van der Waals surface area contributed by atoms with Crippen molar-refractivity contribution in [3.05, 3.63) is 70.5 Å². The number of hydrogen-bond donors (Lipinski definition) is 3. The number of nitrogens with zero attached hydrogens (tertiary/aromatic N) is 1. The lowest BCUT2D eigenvalue weighted by molar-refractivity contribution is -0.120. The van der Waals surface area contributed by atoms with Crippen molar-refractivity contribution in [1.82, 2.24) is 10.3 Å². The number of thiazole rings is 1. The van der Waals surface area contributed by atoms with Crippen LogP contribution >= 0.6 is 11.3 Å². The molecule has 0 aliphatic carbocycles. The predicted octanol–water partition coefficient (Wildman–Crippen LogP) is 3.45. The van der Waals surface area contributed by atoms with Crippen LogP contribution in [0.3, 0.4) is 0 Å². The summed E-state index contributed by atoms with van der Waals surface area (Å²) in [6.07, 6.45) is 0.0811. The van der Waals surface area contributed by atoms with Crippen molar-refractivity contribution in [3.8, 4) is 5.75 Å². The average molecular weight is 442 g/mol. The van der Waals surface area contributed by atoms with E-state index in [4.69, 9.17) is 4.74 Å². The van der Waals surface area contributed by atoms with Gasteiger partial charge in [-0.25, -0.2) is 14.2 Å². The van der Waals surface area contributed by atoms with Crippen LogP contribution in [0.4, 0.5) is 20.0 Å². The third-order valence-electron chi connectivity index (χ3n) is 4.22. The van der Waals surface area contributed by atoms with Crippen LogP contribution in [-0.4, -0.2) is 36.9 Å². The van der Waals surface area contributed by atoms with Gasteiger partial charge in [-0.2, -0.15) is 0 Å². The highest BCUT2D eigenvalue weighted by atomic mass is 32.1. The fourth-order valence-electron chi connectivity index (χ4n) is 2.74. The van der Waals surface area contributed by atoms with Crippen LogP contribution in [0.1, 0.15) is 21.6 Å². The molecule has 3 amide bonds. The maximum Gasteiger partial charge on any atom is 0.325 e. The van der Waals surface area contributed by atoms with Gasteiger partial charge in [-0.15, -0.1) is 11.3 Å². The zero-order chi connectivity index (χ0) is 22.4. The molecular formula is C21H19FN4O4S. The number of carbonyl (C=O) groups is 3. The molecule has 0 atom stereocenters. The van der Waals surface area contributed by atoms with Crippen LogP contribution in [-0.2, 0) is 11.2 Å². The summed E-state index contributed by atoms with van der Waals surface area (Å²) in [7, 11) is 2.96. The molecule has 0 saturated heterocycles. The molecule has 160 valence electrons. The van der Waals surface area contributed by atoms with Gasteiger partial charge < -0.3 is 15.4 Å². The number of amides is 3. The third-order valence-corrected chi connectivity index (χ3v) is 5.03. The zero-order valence-corrected chi connectivity index (χ0v) is 17.5. The Morgan fingerprint density at radius 1 is 1.10 bits per heavy atom. The van der Waals surface area contributed by atoms with Gasteiger partial charge in [0.1, 0.15) is 11.6 Å². The summed E-state index contributed by atoms with van der Waals surface area (Å²) in [5, 5.41) is 9.39. The number of methoxy groups -OCH3 is 1. The zero-order valence-electron chi connectivity index (χ0n) is 16.7. The molecule has 1 aromatic heterocycles. The Balaban J connectivity index is 1.79. The molecule has 3 N–H and O–H groups in total. The van der Waals surface area contributed by atoms with Gasteiger partial charge >= 0.3 is 6.03 Å². The van der Waals surface area contributed by atoms with Crippen LogP contribution in [0.15, 0.2) is 47.8 Å². The molecule has 0 spiro atoms. The number of ether oxygens (including phenoxy) is 1. The van der Waals surface area contributed by atoms with Gasteiger partial charge in [0.05, 0.1) is 30.5 Å². The van der Waals surface area contributed by atoms with Crippen molar-refractivity contribution >= 4 is 39.9 Å². The lowest BCUT2D eigenvalue weighted by Gasteiger charge is -2.12. The smallest absolute Gasteiger partial charge is 0.325 e. The Labute approximate surface area is 181 Å². The first-order valence-electron chi connectivity index (χ1n) is 9.11. The number of likely N-dealkylation sites (N-methyl/N-ethyl adjacent to an activating group) is 1. The maximum absolute atomic E-state index is 13.8. The number of halogens is 1. The van der Waals surface area contributed by atoms with Gasteiger partial charge in [-0.1, -0.05) is 12.1 Å². The molecule has 0 saturated carbocycles. The Morgan fingerprint density at radius 3 is 2.61 bits per heavy atom. The van der Waals surface area contributed by atoms with E-state index >= 15 is 0 Å². The van der Waals surface area contributed by atoms with Crippen LogP contribution in [0.5, 0.6) is 5.75 Å². The normalized spacial score (nSPS) is 10.3. The molecule has 3 aromatic rings. The van der Waals surface area contributed by atoms with E-state index in [0.717, 1.165) is 23.5 Å². The monoisotopic (exact) mass is 442 g/mol. The first kappa shape index (κ1) is 21.9. The SMILES string of the molecule is CNC(=O)Cc1csc(NC(=O)Nc2cc(F)ccc2C(=O)c2ccccc2OC)n1. The van der Waals surface area contributed by atoms with Gasteiger partial charge in [0.15, 0.2) is 10.9 Å². The minimum absolute atomic E-state index is 0.00412. The summed E-state index contributed by atoms with van der Waals surface area (Å²) < 4.78 is 19.1. The highest BCUT2D eigenvalue weighted by Gasteiger charge is 2.19. The van der Waals surface area contributed by atoms with Crippen molar-refractivity contribution in [2.24, 2.45) is 0 Å². The van der Waals surface area contributed by atoms with Crippen molar-refractivity contribution in [2.45, 2.75) is 6.42 Å². The number of para-hydroxylation sites is 1. The summed E-state index contributed by atoms with van der Waals surface area (Å²) in [5.41, 5.74) is 0.868. The van der Waals surface area contributed by atoms with E-state index in [2.05, 4.69) is 20.9 Å².